The lowest BCUT2D eigenvalue weighted by Gasteiger charge is -2.35. The number of urea groups is 1. The molecule has 6 heteroatoms. The Morgan fingerprint density at radius 3 is 2.53 bits per heavy atom. The highest BCUT2D eigenvalue weighted by molar-refractivity contribution is 5.81. The highest BCUT2D eigenvalue weighted by Crippen LogP contribution is 2.21. The van der Waals surface area contributed by atoms with E-state index in [-0.39, 0.29) is 18.0 Å². The van der Waals surface area contributed by atoms with Crippen molar-refractivity contribution in [1.29, 1.82) is 0 Å². The number of likely N-dealkylation sites (tertiary alicyclic amines) is 2. The molecule has 0 spiro atoms. The largest absolute Gasteiger partial charge is 0.337 e. The zero-order valence-corrected chi connectivity index (χ0v) is 12.1. The number of piperidine rings is 1. The van der Waals surface area contributed by atoms with E-state index < -0.39 is 0 Å². The molecular formula is C13H24N4O2. The minimum atomic E-state index is -0.122. The first kappa shape index (κ1) is 14.1. The van der Waals surface area contributed by atoms with Gasteiger partial charge in [-0.15, -0.1) is 0 Å². The van der Waals surface area contributed by atoms with Gasteiger partial charge in [-0.1, -0.05) is 0 Å². The van der Waals surface area contributed by atoms with Crippen LogP contribution < -0.4 is 5.32 Å². The molecule has 0 aliphatic carbocycles. The molecule has 2 rings (SSSR count). The van der Waals surface area contributed by atoms with E-state index in [9.17, 15) is 9.59 Å². The predicted molar refractivity (Wildman–Crippen MR) is 72.9 cm³/mol. The third-order valence-electron chi connectivity index (χ3n) is 4.02. The SMILES string of the molecule is CN1CCC(N2CC(NC(=O)N(C)C)CC2=O)CC1. The van der Waals surface area contributed by atoms with E-state index in [1.165, 1.54) is 4.90 Å². The van der Waals surface area contributed by atoms with Crippen LogP contribution in [0, 0.1) is 0 Å². The van der Waals surface area contributed by atoms with Crippen molar-refractivity contribution in [3.63, 3.8) is 0 Å². The summed E-state index contributed by atoms with van der Waals surface area (Å²) in [5, 5.41) is 2.90. The number of hydrogen-bond donors (Lipinski definition) is 1. The molecule has 2 fully saturated rings. The fourth-order valence-electron chi connectivity index (χ4n) is 2.79. The van der Waals surface area contributed by atoms with E-state index >= 15 is 0 Å². The summed E-state index contributed by atoms with van der Waals surface area (Å²) in [4.78, 5) is 29.4. The first-order chi connectivity index (χ1) is 8.97. The Kier molecular flexibility index (Phi) is 4.29. The number of nitrogens with zero attached hydrogens (tertiary/aromatic N) is 3. The summed E-state index contributed by atoms with van der Waals surface area (Å²) >= 11 is 0. The van der Waals surface area contributed by atoms with E-state index in [2.05, 4.69) is 17.3 Å². The standard InChI is InChI=1S/C13H24N4O2/c1-15(2)13(19)14-10-8-12(18)17(9-10)11-4-6-16(3)7-5-11/h10-11H,4-9H2,1-3H3,(H,14,19). The minimum absolute atomic E-state index is 0.0398. The van der Waals surface area contributed by atoms with Crippen molar-refractivity contribution in [1.82, 2.24) is 20.0 Å². The molecule has 2 aliphatic heterocycles. The summed E-state index contributed by atoms with van der Waals surface area (Å²) in [5.74, 6) is 0.179. The van der Waals surface area contributed by atoms with Crippen LogP contribution in [0.25, 0.3) is 0 Å². The maximum Gasteiger partial charge on any atom is 0.317 e. The Balaban J connectivity index is 1.87. The number of carbonyl (C=O) groups is 2. The van der Waals surface area contributed by atoms with E-state index in [1.54, 1.807) is 14.1 Å². The number of nitrogens with one attached hydrogen (secondary N) is 1. The molecule has 0 radical (unpaired) electrons. The maximum absolute atomic E-state index is 12.1. The van der Waals surface area contributed by atoms with Crippen molar-refractivity contribution < 1.29 is 9.59 Å². The summed E-state index contributed by atoms with van der Waals surface area (Å²) in [5.41, 5.74) is 0. The summed E-state index contributed by atoms with van der Waals surface area (Å²) < 4.78 is 0. The molecule has 1 atom stereocenters. The molecule has 0 aromatic heterocycles. The fourth-order valence-corrected chi connectivity index (χ4v) is 2.79. The average molecular weight is 268 g/mol. The van der Waals surface area contributed by atoms with E-state index in [1.807, 2.05) is 4.90 Å². The van der Waals surface area contributed by atoms with Crippen molar-refractivity contribution in [2.45, 2.75) is 31.3 Å². The molecule has 2 saturated heterocycles. The Morgan fingerprint density at radius 1 is 1.32 bits per heavy atom. The normalized spacial score (nSPS) is 25.7. The van der Waals surface area contributed by atoms with Crippen LogP contribution in [0.1, 0.15) is 19.3 Å². The Morgan fingerprint density at radius 2 is 1.95 bits per heavy atom. The van der Waals surface area contributed by atoms with E-state index in [4.69, 9.17) is 0 Å². The van der Waals surface area contributed by atoms with Gasteiger partial charge >= 0.3 is 6.03 Å². The molecule has 0 aromatic rings. The third-order valence-corrected chi connectivity index (χ3v) is 4.02. The van der Waals surface area contributed by atoms with Crippen molar-refractivity contribution in [2.24, 2.45) is 0 Å². The molecule has 1 unspecified atom stereocenters. The summed E-state index contributed by atoms with van der Waals surface area (Å²) in [6.45, 7) is 2.75. The molecule has 0 bridgehead atoms. The van der Waals surface area contributed by atoms with E-state index in [0.717, 1.165) is 25.9 Å². The van der Waals surface area contributed by atoms with Crippen LogP contribution in [0.2, 0.25) is 0 Å². The van der Waals surface area contributed by atoms with Gasteiger partial charge in [-0.2, -0.15) is 0 Å². The Hall–Kier alpha value is -1.30. The zero-order valence-electron chi connectivity index (χ0n) is 12.1. The van der Waals surface area contributed by atoms with Crippen LogP contribution >= 0.6 is 0 Å². The van der Waals surface area contributed by atoms with Gasteiger partial charge in [0.05, 0.1) is 6.04 Å². The molecule has 0 aromatic carbocycles. The molecule has 108 valence electrons. The molecule has 3 amide bonds. The number of carbonyl (C=O) groups excluding carboxylic acids is 2. The summed E-state index contributed by atoms with van der Waals surface area (Å²) in [6.07, 6.45) is 2.51. The van der Waals surface area contributed by atoms with Gasteiger partial charge in [-0.05, 0) is 33.0 Å². The average Bonchev–Trinajstić information content (AvgIpc) is 2.71. The van der Waals surface area contributed by atoms with Crippen LogP contribution in [-0.4, -0.2) is 79.5 Å². The summed E-state index contributed by atoms with van der Waals surface area (Å²) in [6, 6.07) is 0.190. The van der Waals surface area contributed by atoms with Crippen LogP contribution in [0.5, 0.6) is 0 Å². The molecule has 1 N–H and O–H groups in total. The molecule has 2 heterocycles. The van der Waals surface area contributed by atoms with Gasteiger partial charge in [0, 0.05) is 33.1 Å². The van der Waals surface area contributed by atoms with Gasteiger partial charge in [0.2, 0.25) is 5.91 Å². The number of rotatable bonds is 2. The lowest BCUT2D eigenvalue weighted by Crippen LogP contribution is -2.46. The second-order valence-electron chi connectivity index (χ2n) is 5.83. The van der Waals surface area contributed by atoms with Gasteiger partial charge in [-0.3, -0.25) is 4.79 Å². The highest BCUT2D eigenvalue weighted by Gasteiger charge is 2.36. The molecule has 2 aliphatic rings. The molecule has 19 heavy (non-hydrogen) atoms. The smallest absolute Gasteiger partial charge is 0.317 e. The van der Waals surface area contributed by atoms with Crippen LogP contribution in [0.4, 0.5) is 4.79 Å². The van der Waals surface area contributed by atoms with Crippen molar-refractivity contribution in [3.05, 3.63) is 0 Å². The lowest BCUT2D eigenvalue weighted by molar-refractivity contribution is -0.130. The summed E-state index contributed by atoms with van der Waals surface area (Å²) in [7, 11) is 5.53. The van der Waals surface area contributed by atoms with Gasteiger partial charge in [0.1, 0.15) is 0 Å². The fraction of sp³-hybridized carbons (Fsp3) is 0.846. The quantitative estimate of drug-likeness (QED) is 0.764. The van der Waals surface area contributed by atoms with Crippen LogP contribution in [0.15, 0.2) is 0 Å². The Bertz CT molecular complexity index is 351. The van der Waals surface area contributed by atoms with Crippen LogP contribution in [0.3, 0.4) is 0 Å². The van der Waals surface area contributed by atoms with Gasteiger partial charge < -0.3 is 20.0 Å². The predicted octanol–water partition coefficient (Wildman–Crippen LogP) is -0.0473. The van der Waals surface area contributed by atoms with Crippen molar-refractivity contribution in [2.75, 3.05) is 40.8 Å². The van der Waals surface area contributed by atoms with Crippen molar-refractivity contribution >= 4 is 11.9 Å². The van der Waals surface area contributed by atoms with Crippen molar-refractivity contribution in [3.8, 4) is 0 Å². The molecular weight excluding hydrogens is 244 g/mol. The van der Waals surface area contributed by atoms with E-state index in [0.29, 0.717) is 19.0 Å². The minimum Gasteiger partial charge on any atom is -0.337 e. The maximum atomic E-state index is 12.1. The Labute approximate surface area is 114 Å². The van der Waals surface area contributed by atoms with Gasteiger partial charge in [0.25, 0.3) is 0 Å². The van der Waals surface area contributed by atoms with Gasteiger partial charge in [-0.25, -0.2) is 4.79 Å². The van der Waals surface area contributed by atoms with Crippen LogP contribution in [-0.2, 0) is 4.79 Å². The molecule has 6 nitrogen and oxygen atoms in total. The topological polar surface area (TPSA) is 55.9 Å². The lowest BCUT2D eigenvalue weighted by atomic mass is 10.0. The first-order valence-corrected chi connectivity index (χ1v) is 6.93. The second kappa shape index (κ2) is 5.77. The number of amides is 3. The monoisotopic (exact) mass is 268 g/mol. The number of hydrogen-bond acceptors (Lipinski definition) is 3. The zero-order chi connectivity index (χ0) is 14.0. The first-order valence-electron chi connectivity index (χ1n) is 6.93. The highest BCUT2D eigenvalue weighted by atomic mass is 16.2. The third kappa shape index (κ3) is 3.37. The van der Waals surface area contributed by atoms with Gasteiger partial charge in [0.15, 0.2) is 0 Å². The second-order valence-corrected chi connectivity index (χ2v) is 5.83. The molecule has 0 saturated carbocycles.